The highest BCUT2D eigenvalue weighted by Crippen LogP contribution is 2.42. The Balaban J connectivity index is 2.03. The average molecular weight is 360 g/mol. The van der Waals surface area contributed by atoms with Crippen molar-refractivity contribution in [1.29, 1.82) is 0 Å². The molecule has 0 radical (unpaired) electrons. The quantitative estimate of drug-likeness (QED) is 0.569. The van der Waals surface area contributed by atoms with E-state index in [1.807, 2.05) is 6.92 Å². The number of fused-ring (bicyclic) bond motifs is 3. The average Bonchev–Trinajstić information content (AvgIpc) is 3.03. The first-order valence-corrected chi connectivity index (χ1v) is 8.90. The fraction of sp³-hybridized carbons (Fsp3) is 0.550. The van der Waals surface area contributed by atoms with Crippen molar-refractivity contribution in [2.24, 2.45) is 11.8 Å². The first-order valence-electron chi connectivity index (χ1n) is 8.90. The zero-order valence-corrected chi connectivity index (χ0v) is 15.5. The van der Waals surface area contributed by atoms with E-state index in [1.54, 1.807) is 26.8 Å². The van der Waals surface area contributed by atoms with Crippen molar-refractivity contribution in [1.82, 2.24) is 0 Å². The molecule has 0 N–H and O–H groups in total. The van der Waals surface area contributed by atoms with E-state index in [2.05, 4.69) is 6.58 Å². The van der Waals surface area contributed by atoms with Gasteiger partial charge in [-0.25, -0.2) is 4.79 Å². The van der Waals surface area contributed by atoms with E-state index >= 15 is 0 Å². The molecule has 5 atom stereocenters. The predicted octanol–water partition coefficient (Wildman–Crippen LogP) is 2.63. The summed E-state index contributed by atoms with van der Waals surface area (Å²) in [4.78, 5) is 37.0. The number of rotatable bonds is 3. The van der Waals surface area contributed by atoms with Gasteiger partial charge in [0.25, 0.3) is 0 Å². The normalized spacial score (nSPS) is 36.5. The van der Waals surface area contributed by atoms with Gasteiger partial charge in [0.2, 0.25) is 5.78 Å². The molecule has 0 aromatic rings. The lowest BCUT2D eigenvalue weighted by Gasteiger charge is -2.32. The molecule has 3 rings (SSSR count). The summed E-state index contributed by atoms with van der Waals surface area (Å²) in [6, 6.07) is 0. The summed E-state index contributed by atoms with van der Waals surface area (Å²) in [5.74, 6) is -1.43. The Morgan fingerprint density at radius 3 is 2.81 bits per heavy atom. The first kappa shape index (κ1) is 18.4. The summed E-state index contributed by atoms with van der Waals surface area (Å²) in [6.45, 7) is 11.0. The maximum absolute atomic E-state index is 12.5. The first-order chi connectivity index (χ1) is 12.2. The number of hydrogen-bond donors (Lipinski definition) is 0. The summed E-state index contributed by atoms with van der Waals surface area (Å²) in [5, 5.41) is 0. The number of ketones is 1. The van der Waals surface area contributed by atoms with Crippen LogP contribution in [-0.2, 0) is 28.6 Å². The van der Waals surface area contributed by atoms with Gasteiger partial charge in [-0.1, -0.05) is 20.4 Å². The third-order valence-corrected chi connectivity index (χ3v) is 5.46. The topological polar surface area (TPSA) is 78.9 Å². The Bertz CT molecular complexity index is 745. The van der Waals surface area contributed by atoms with Crippen molar-refractivity contribution >= 4 is 17.7 Å². The molecule has 1 fully saturated rings. The Kier molecular flexibility index (Phi) is 4.54. The van der Waals surface area contributed by atoms with Crippen LogP contribution in [0.4, 0.5) is 0 Å². The largest absolute Gasteiger partial charge is 0.479 e. The number of carbonyl (C=O) groups is 3. The Labute approximate surface area is 152 Å². The van der Waals surface area contributed by atoms with Gasteiger partial charge in [0.05, 0.1) is 11.8 Å². The Morgan fingerprint density at radius 2 is 2.15 bits per heavy atom. The summed E-state index contributed by atoms with van der Waals surface area (Å²) in [6.07, 6.45) is 2.60. The van der Waals surface area contributed by atoms with E-state index in [1.165, 1.54) is 6.08 Å². The number of esters is 2. The standard InChI is InChI=1S/C20H24O6/c1-6-10(2)18(22)25-15-9-20(5)16(21)8-13(26-20)11(3)7-14-17(15)12(4)19(23)24-14/h7-8,10,14-15,17H,4,6,9H2,1-3,5H3/b11-7-/t10-,14+,15+,17-,20+/m0/s1. The molecule has 1 saturated heterocycles. The molecule has 6 heteroatoms. The van der Waals surface area contributed by atoms with Gasteiger partial charge >= 0.3 is 11.9 Å². The Hall–Kier alpha value is -2.37. The lowest BCUT2D eigenvalue weighted by Crippen LogP contribution is -2.43. The van der Waals surface area contributed by atoms with Crippen LogP contribution in [0, 0.1) is 11.8 Å². The van der Waals surface area contributed by atoms with Crippen LogP contribution in [0.15, 0.2) is 35.6 Å². The molecule has 0 amide bonds. The summed E-state index contributed by atoms with van der Waals surface area (Å²) < 4.78 is 17.1. The van der Waals surface area contributed by atoms with E-state index in [9.17, 15) is 14.4 Å². The molecule has 3 heterocycles. The van der Waals surface area contributed by atoms with Crippen LogP contribution in [0.1, 0.15) is 40.5 Å². The molecule has 140 valence electrons. The van der Waals surface area contributed by atoms with Crippen LogP contribution in [0.3, 0.4) is 0 Å². The van der Waals surface area contributed by atoms with E-state index in [4.69, 9.17) is 14.2 Å². The van der Waals surface area contributed by atoms with Gasteiger partial charge in [-0.3, -0.25) is 9.59 Å². The number of ether oxygens (including phenoxy) is 3. The maximum Gasteiger partial charge on any atom is 0.334 e. The molecule has 0 spiro atoms. The van der Waals surface area contributed by atoms with Crippen molar-refractivity contribution in [3.63, 3.8) is 0 Å². The van der Waals surface area contributed by atoms with Crippen LogP contribution >= 0.6 is 0 Å². The van der Waals surface area contributed by atoms with Crippen molar-refractivity contribution in [2.75, 3.05) is 0 Å². The zero-order chi connectivity index (χ0) is 19.2. The fourth-order valence-electron chi connectivity index (χ4n) is 3.50. The van der Waals surface area contributed by atoms with Gasteiger partial charge in [-0.05, 0) is 31.9 Å². The smallest absolute Gasteiger partial charge is 0.334 e. The molecule has 0 aromatic carbocycles. The van der Waals surface area contributed by atoms with Crippen molar-refractivity contribution < 1.29 is 28.6 Å². The second kappa shape index (κ2) is 6.41. The lowest BCUT2D eigenvalue weighted by molar-refractivity contribution is -0.161. The number of allylic oxidation sites excluding steroid dienone is 1. The molecule has 0 aromatic heterocycles. The number of carbonyl (C=O) groups excluding carboxylic acids is 3. The zero-order valence-electron chi connectivity index (χ0n) is 15.5. The highest BCUT2D eigenvalue weighted by molar-refractivity contribution is 6.00. The van der Waals surface area contributed by atoms with Gasteiger partial charge < -0.3 is 14.2 Å². The fourth-order valence-corrected chi connectivity index (χ4v) is 3.50. The highest BCUT2D eigenvalue weighted by atomic mass is 16.6. The molecule has 0 saturated carbocycles. The molecular formula is C20H24O6. The van der Waals surface area contributed by atoms with Crippen LogP contribution < -0.4 is 0 Å². The minimum atomic E-state index is -1.15. The van der Waals surface area contributed by atoms with Gasteiger partial charge in [0.1, 0.15) is 18.0 Å². The van der Waals surface area contributed by atoms with Crippen molar-refractivity contribution in [2.45, 2.75) is 58.3 Å². The van der Waals surface area contributed by atoms with E-state index in [0.29, 0.717) is 17.8 Å². The molecule has 3 aliphatic rings. The summed E-state index contributed by atoms with van der Waals surface area (Å²) in [7, 11) is 0. The maximum atomic E-state index is 12.5. The predicted molar refractivity (Wildman–Crippen MR) is 92.8 cm³/mol. The molecule has 0 aliphatic carbocycles. The van der Waals surface area contributed by atoms with E-state index in [-0.39, 0.29) is 29.7 Å². The van der Waals surface area contributed by atoms with Crippen molar-refractivity contribution in [3.8, 4) is 0 Å². The molecule has 3 aliphatic heterocycles. The molecule has 26 heavy (non-hydrogen) atoms. The van der Waals surface area contributed by atoms with E-state index < -0.39 is 29.7 Å². The van der Waals surface area contributed by atoms with Crippen LogP contribution in [0.5, 0.6) is 0 Å². The highest BCUT2D eigenvalue weighted by Gasteiger charge is 2.51. The Morgan fingerprint density at radius 1 is 1.46 bits per heavy atom. The van der Waals surface area contributed by atoms with Crippen LogP contribution in [-0.4, -0.2) is 35.5 Å². The number of hydrogen-bond acceptors (Lipinski definition) is 6. The minimum absolute atomic E-state index is 0.131. The third kappa shape index (κ3) is 2.97. The van der Waals surface area contributed by atoms with Gasteiger partial charge in [0, 0.05) is 18.1 Å². The van der Waals surface area contributed by atoms with Gasteiger partial charge in [-0.15, -0.1) is 0 Å². The van der Waals surface area contributed by atoms with Gasteiger partial charge in [0.15, 0.2) is 5.60 Å². The third-order valence-electron chi connectivity index (χ3n) is 5.46. The van der Waals surface area contributed by atoms with E-state index in [0.717, 1.165) is 0 Å². The second-order valence-corrected chi connectivity index (χ2v) is 7.47. The van der Waals surface area contributed by atoms with Crippen molar-refractivity contribution in [3.05, 3.63) is 35.6 Å². The monoisotopic (exact) mass is 360 g/mol. The molecular weight excluding hydrogens is 336 g/mol. The summed E-state index contributed by atoms with van der Waals surface area (Å²) in [5.41, 5.74) is -0.191. The molecule has 2 bridgehead atoms. The van der Waals surface area contributed by atoms with Crippen LogP contribution in [0.25, 0.3) is 0 Å². The molecule has 6 nitrogen and oxygen atoms in total. The minimum Gasteiger partial charge on any atom is -0.479 e. The molecule has 0 unspecified atom stereocenters. The summed E-state index contributed by atoms with van der Waals surface area (Å²) >= 11 is 0. The van der Waals surface area contributed by atoms with Crippen LogP contribution in [0.2, 0.25) is 0 Å². The van der Waals surface area contributed by atoms with Gasteiger partial charge in [-0.2, -0.15) is 0 Å². The lowest BCUT2D eigenvalue weighted by atomic mass is 9.82. The SMILES string of the molecule is C=C1C(=O)O[C@@H]2/C=C(/C)C3=CC(=O)[C@@](C)(C[C@@H](OC(=O)[C@@H](C)CC)[C@@H]12)O3. The second-order valence-electron chi connectivity index (χ2n) is 7.47.